The van der Waals surface area contributed by atoms with Gasteiger partial charge in [-0.2, -0.15) is 0 Å². The van der Waals surface area contributed by atoms with Crippen LogP contribution in [-0.4, -0.2) is 20.5 Å². The summed E-state index contributed by atoms with van der Waals surface area (Å²) in [5, 5.41) is 10.3. The smallest absolute Gasteiger partial charge is 0.355 e. The van der Waals surface area contributed by atoms with Crippen LogP contribution in [0.15, 0.2) is 11.6 Å². The topological polar surface area (TPSA) is 54.6 Å². The molecule has 0 aliphatic rings. The van der Waals surface area contributed by atoms with Crippen molar-refractivity contribution in [2.75, 3.05) is 0 Å². The number of alkyl halides is 2. The van der Waals surface area contributed by atoms with Gasteiger partial charge in [0.05, 0.1) is 0 Å². The minimum absolute atomic E-state index is 0.262. The van der Waals surface area contributed by atoms with Crippen LogP contribution in [0.5, 0.6) is 0 Å². The highest BCUT2D eigenvalue weighted by molar-refractivity contribution is 7.15. The first-order valence-corrected chi connectivity index (χ1v) is 4.46. The number of carboxylic acid groups (broad SMARTS) is 1. The van der Waals surface area contributed by atoms with Crippen LogP contribution in [0.3, 0.4) is 0 Å². The van der Waals surface area contributed by atoms with Crippen molar-refractivity contribution in [3.63, 3.8) is 0 Å². The Labute approximate surface area is 80.4 Å². The van der Waals surface area contributed by atoms with Gasteiger partial charge in [0, 0.05) is 11.6 Å². The number of fused-ring (bicyclic) bond motifs is 1. The molecule has 0 unspecified atom stereocenters. The number of halogens is 2. The van der Waals surface area contributed by atoms with Crippen molar-refractivity contribution in [1.82, 2.24) is 9.38 Å². The number of nitrogens with zero attached hydrogens (tertiary/aromatic N) is 2. The van der Waals surface area contributed by atoms with Crippen LogP contribution in [-0.2, 0) is 0 Å². The molecule has 4 nitrogen and oxygen atoms in total. The van der Waals surface area contributed by atoms with E-state index in [2.05, 4.69) is 4.98 Å². The fourth-order valence-corrected chi connectivity index (χ4v) is 1.89. The first-order valence-electron chi connectivity index (χ1n) is 3.58. The van der Waals surface area contributed by atoms with Crippen molar-refractivity contribution in [1.29, 1.82) is 0 Å². The molecule has 0 aliphatic heterocycles. The summed E-state index contributed by atoms with van der Waals surface area (Å²) in [7, 11) is 0. The van der Waals surface area contributed by atoms with Crippen LogP contribution in [0.1, 0.15) is 22.6 Å². The Morgan fingerprint density at radius 3 is 2.93 bits per heavy atom. The van der Waals surface area contributed by atoms with Crippen LogP contribution < -0.4 is 0 Å². The van der Waals surface area contributed by atoms with Crippen molar-refractivity contribution in [3.05, 3.63) is 23.0 Å². The molecule has 2 aromatic rings. The molecular formula is C7H4F2N2O2S. The monoisotopic (exact) mass is 218 g/mol. The fraction of sp³-hybridized carbons (Fsp3) is 0.143. The van der Waals surface area contributed by atoms with Crippen molar-refractivity contribution in [2.24, 2.45) is 0 Å². The lowest BCUT2D eigenvalue weighted by atomic mass is 10.3. The van der Waals surface area contributed by atoms with Crippen molar-refractivity contribution >= 4 is 22.3 Å². The first kappa shape index (κ1) is 9.07. The lowest BCUT2D eigenvalue weighted by Gasteiger charge is -1.96. The van der Waals surface area contributed by atoms with E-state index in [0.717, 1.165) is 15.7 Å². The first-order chi connectivity index (χ1) is 6.61. The molecule has 7 heteroatoms. The van der Waals surface area contributed by atoms with Crippen LogP contribution in [0, 0.1) is 0 Å². The minimum Gasteiger partial charge on any atom is -0.476 e. The highest BCUT2D eigenvalue weighted by Crippen LogP contribution is 2.25. The molecule has 0 amide bonds. The Kier molecular flexibility index (Phi) is 1.95. The van der Waals surface area contributed by atoms with E-state index in [1.165, 1.54) is 6.20 Å². The Hall–Kier alpha value is -1.50. The zero-order valence-electron chi connectivity index (χ0n) is 6.65. The minimum atomic E-state index is -2.87. The molecule has 0 saturated carbocycles. The molecule has 14 heavy (non-hydrogen) atoms. The molecule has 0 bridgehead atoms. The van der Waals surface area contributed by atoms with Gasteiger partial charge < -0.3 is 5.11 Å². The summed E-state index contributed by atoms with van der Waals surface area (Å²) in [6.07, 6.45) is -1.46. The summed E-state index contributed by atoms with van der Waals surface area (Å²) < 4.78 is 25.9. The van der Waals surface area contributed by atoms with Gasteiger partial charge in [-0.25, -0.2) is 18.6 Å². The Morgan fingerprint density at radius 2 is 2.36 bits per heavy atom. The molecule has 74 valence electrons. The number of hydrogen-bond acceptors (Lipinski definition) is 3. The summed E-state index contributed by atoms with van der Waals surface area (Å²) in [5.41, 5.74) is -1.14. The van der Waals surface area contributed by atoms with Gasteiger partial charge in [0.2, 0.25) is 0 Å². The molecule has 2 heterocycles. The molecule has 0 fully saturated rings. The van der Waals surface area contributed by atoms with Gasteiger partial charge in [-0.1, -0.05) is 0 Å². The molecule has 1 N–H and O–H groups in total. The molecular weight excluding hydrogens is 214 g/mol. The molecule has 2 rings (SSSR count). The SMILES string of the molecule is O=C(O)c1c(C(F)F)nc2sccn12. The van der Waals surface area contributed by atoms with Gasteiger partial charge in [-0.15, -0.1) is 11.3 Å². The Bertz CT molecular complexity index is 491. The zero-order chi connectivity index (χ0) is 10.3. The maximum atomic E-state index is 12.4. The summed E-state index contributed by atoms with van der Waals surface area (Å²) in [6, 6.07) is 0. The number of carboxylic acids is 1. The number of rotatable bonds is 2. The third kappa shape index (κ3) is 1.17. The van der Waals surface area contributed by atoms with E-state index in [4.69, 9.17) is 5.11 Å². The number of aromatic nitrogens is 2. The summed E-state index contributed by atoms with van der Waals surface area (Å²) >= 11 is 1.11. The lowest BCUT2D eigenvalue weighted by Crippen LogP contribution is -2.04. The van der Waals surface area contributed by atoms with Gasteiger partial charge in [0.15, 0.2) is 10.7 Å². The molecule has 0 saturated heterocycles. The number of hydrogen-bond donors (Lipinski definition) is 1. The summed E-state index contributed by atoms with van der Waals surface area (Å²) in [5.74, 6) is -1.40. The second-order valence-corrected chi connectivity index (χ2v) is 3.38. The van der Waals surface area contributed by atoms with E-state index in [-0.39, 0.29) is 4.96 Å². The third-order valence-corrected chi connectivity index (χ3v) is 2.45. The van der Waals surface area contributed by atoms with Gasteiger partial charge in [-0.3, -0.25) is 4.40 Å². The molecule has 0 aliphatic carbocycles. The highest BCUT2D eigenvalue weighted by Gasteiger charge is 2.25. The average molecular weight is 218 g/mol. The maximum absolute atomic E-state index is 12.4. The third-order valence-electron chi connectivity index (χ3n) is 1.70. The van der Waals surface area contributed by atoms with Gasteiger partial charge in [0.25, 0.3) is 6.43 Å². The lowest BCUT2D eigenvalue weighted by molar-refractivity contribution is 0.0675. The average Bonchev–Trinajstić information content (AvgIpc) is 2.58. The second kappa shape index (κ2) is 3.02. The van der Waals surface area contributed by atoms with Crippen molar-refractivity contribution in [3.8, 4) is 0 Å². The van der Waals surface area contributed by atoms with E-state index >= 15 is 0 Å². The second-order valence-electron chi connectivity index (χ2n) is 2.51. The molecule has 0 spiro atoms. The van der Waals surface area contributed by atoms with Crippen LogP contribution in [0.4, 0.5) is 8.78 Å². The number of imidazole rings is 1. The molecule has 2 aromatic heterocycles. The quantitative estimate of drug-likeness (QED) is 0.839. The van der Waals surface area contributed by atoms with E-state index in [0.29, 0.717) is 0 Å². The van der Waals surface area contributed by atoms with Gasteiger partial charge in [0.1, 0.15) is 5.69 Å². The van der Waals surface area contributed by atoms with E-state index in [9.17, 15) is 13.6 Å². The van der Waals surface area contributed by atoms with Gasteiger partial charge in [-0.05, 0) is 0 Å². The maximum Gasteiger partial charge on any atom is 0.355 e. The van der Waals surface area contributed by atoms with E-state index in [1.54, 1.807) is 5.38 Å². The predicted molar refractivity (Wildman–Crippen MR) is 45.0 cm³/mol. The predicted octanol–water partition coefficient (Wildman–Crippen LogP) is 2.03. The summed E-state index contributed by atoms with van der Waals surface area (Å²) in [6.45, 7) is 0. The number of carbonyl (C=O) groups is 1. The molecule has 0 aromatic carbocycles. The normalized spacial score (nSPS) is 11.4. The van der Waals surface area contributed by atoms with Crippen LogP contribution >= 0.6 is 11.3 Å². The fourth-order valence-electron chi connectivity index (χ4n) is 1.17. The Morgan fingerprint density at radius 1 is 1.64 bits per heavy atom. The largest absolute Gasteiger partial charge is 0.476 e. The van der Waals surface area contributed by atoms with Crippen molar-refractivity contribution < 1.29 is 18.7 Å². The van der Waals surface area contributed by atoms with Crippen molar-refractivity contribution in [2.45, 2.75) is 6.43 Å². The Balaban J connectivity index is 2.76. The number of aromatic carboxylic acids is 1. The summed E-state index contributed by atoms with van der Waals surface area (Å²) in [4.78, 5) is 14.5. The van der Waals surface area contributed by atoms with E-state index < -0.39 is 23.8 Å². The molecule has 0 atom stereocenters. The van der Waals surface area contributed by atoms with Crippen LogP contribution in [0.2, 0.25) is 0 Å². The van der Waals surface area contributed by atoms with Gasteiger partial charge >= 0.3 is 5.97 Å². The highest BCUT2D eigenvalue weighted by atomic mass is 32.1. The standard InChI is InChI=1S/C7H4F2N2O2S/c8-5(9)3-4(6(12)13)11-1-2-14-7(11)10-3/h1-2,5H,(H,12,13). The molecule has 0 radical (unpaired) electrons. The van der Waals surface area contributed by atoms with Crippen LogP contribution in [0.25, 0.3) is 4.96 Å². The van der Waals surface area contributed by atoms with E-state index in [1.807, 2.05) is 0 Å². The zero-order valence-corrected chi connectivity index (χ0v) is 7.46. The number of thiazole rings is 1.